The normalized spacial score (nSPS) is 12.2. The molecule has 0 unspecified atom stereocenters. The van der Waals surface area contributed by atoms with Gasteiger partial charge in [-0.3, -0.25) is 0 Å². The van der Waals surface area contributed by atoms with Crippen molar-refractivity contribution in [1.82, 2.24) is 0 Å². The van der Waals surface area contributed by atoms with Gasteiger partial charge in [0.25, 0.3) is 0 Å². The predicted molar refractivity (Wildman–Crippen MR) is 137 cm³/mol. The maximum Gasteiger partial charge on any atom is 0.422 e. The molecule has 0 bridgehead atoms. The first kappa shape index (κ1) is 29.8. The van der Waals surface area contributed by atoms with Gasteiger partial charge in [-0.15, -0.1) is 0 Å². The van der Waals surface area contributed by atoms with E-state index in [0.717, 1.165) is 42.2 Å². The Labute approximate surface area is 229 Å². The second-order valence-corrected chi connectivity index (χ2v) is 9.13. The Hall–Kier alpha value is -4.21. The zero-order chi connectivity index (χ0) is 29.9. The van der Waals surface area contributed by atoms with Crippen LogP contribution in [0.1, 0.15) is 30.0 Å². The average Bonchev–Trinajstić information content (AvgIpc) is 2.87. The molecule has 4 aromatic rings. The Morgan fingerprint density at radius 1 is 0.659 bits per heavy atom. The van der Waals surface area contributed by atoms with Crippen molar-refractivity contribution >= 4 is 6.08 Å². The number of halogens is 9. The van der Waals surface area contributed by atoms with Crippen LogP contribution in [-0.4, -0.2) is 6.11 Å². The van der Waals surface area contributed by atoms with Gasteiger partial charge in [0, 0.05) is 23.3 Å². The lowest BCUT2D eigenvalue weighted by Gasteiger charge is -2.16. The van der Waals surface area contributed by atoms with Crippen molar-refractivity contribution in [2.75, 3.05) is 0 Å². The van der Waals surface area contributed by atoms with Gasteiger partial charge >= 0.3 is 12.3 Å². The zero-order valence-electron chi connectivity index (χ0n) is 21.3. The third-order valence-corrected chi connectivity index (χ3v) is 6.11. The summed E-state index contributed by atoms with van der Waals surface area (Å²) in [7, 11) is 0. The number of alkyl halides is 5. The van der Waals surface area contributed by atoms with Crippen LogP contribution >= 0.6 is 0 Å². The van der Waals surface area contributed by atoms with Crippen LogP contribution in [0.25, 0.3) is 28.3 Å². The van der Waals surface area contributed by atoms with Crippen LogP contribution in [0.4, 0.5) is 39.5 Å². The van der Waals surface area contributed by atoms with E-state index in [2.05, 4.69) is 11.7 Å². The van der Waals surface area contributed by atoms with Crippen molar-refractivity contribution in [2.45, 2.75) is 32.1 Å². The molecule has 4 aromatic carbocycles. The molecule has 0 aliphatic rings. The van der Waals surface area contributed by atoms with Gasteiger partial charge in [0.1, 0.15) is 34.6 Å². The number of hydrogen-bond acceptors (Lipinski definition) is 1. The Kier molecular flexibility index (Phi) is 8.51. The van der Waals surface area contributed by atoms with Gasteiger partial charge in [-0.1, -0.05) is 49.7 Å². The number of benzene rings is 4. The molecule has 0 radical (unpaired) electrons. The number of aryl methyl sites for hydroxylation is 1. The Morgan fingerprint density at radius 2 is 1.27 bits per heavy atom. The fourth-order valence-electron chi connectivity index (χ4n) is 4.17. The number of rotatable bonds is 8. The van der Waals surface area contributed by atoms with E-state index < -0.39 is 58.0 Å². The average molecular weight is 580 g/mol. The second-order valence-electron chi connectivity index (χ2n) is 9.13. The standard InChI is InChI=1S/C31H21F9O/c1-2-3-18-4-6-19(7-5-18)21-9-8-20(25(32)14-21)12-13-30(36,37)41-23-10-11-24(26(33)17-23)22-15-27(34)29(28(35)16-22)31(38,39)40/h4-17H,2-3H2,1H3. The van der Waals surface area contributed by atoms with E-state index in [9.17, 15) is 39.5 Å². The van der Waals surface area contributed by atoms with Gasteiger partial charge in [0.05, 0.1) is 0 Å². The minimum absolute atomic E-state index is 0.160. The molecule has 0 saturated heterocycles. The molecule has 0 aliphatic heterocycles. The van der Waals surface area contributed by atoms with Gasteiger partial charge in [0.2, 0.25) is 0 Å². The largest absolute Gasteiger partial charge is 0.429 e. The summed E-state index contributed by atoms with van der Waals surface area (Å²) in [6, 6.07) is 14.3. The van der Waals surface area contributed by atoms with Gasteiger partial charge in [0.15, 0.2) is 0 Å². The summed E-state index contributed by atoms with van der Waals surface area (Å²) in [4.78, 5) is 0. The van der Waals surface area contributed by atoms with Gasteiger partial charge in [-0.25, -0.2) is 17.6 Å². The Balaban J connectivity index is 1.49. The summed E-state index contributed by atoms with van der Waals surface area (Å²) >= 11 is 0. The van der Waals surface area contributed by atoms with Crippen LogP contribution in [0.15, 0.2) is 78.9 Å². The van der Waals surface area contributed by atoms with E-state index in [1.807, 2.05) is 24.3 Å². The predicted octanol–water partition coefficient (Wildman–Crippen LogP) is 10.2. The first-order chi connectivity index (χ1) is 19.3. The highest BCUT2D eigenvalue weighted by Crippen LogP contribution is 2.37. The molecular weight excluding hydrogens is 559 g/mol. The molecule has 41 heavy (non-hydrogen) atoms. The van der Waals surface area contributed by atoms with Crippen LogP contribution in [-0.2, 0) is 12.6 Å². The molecule has 214 valence electrons. The molecule has 4 rings (SSSR count). The van der Waals surface area contributed by atoms with Crippen LogP contribution in [0.2, 0.25) is 0 Å². The quantitative estimate of drug-likeness (QED) is 0.189. The highest BCUT2D eigenvalue weighted by Gasteiger charge is 2.38. The van der Waals surface area contributed by atoms with E-state index in [1.165, 1.54) is 12.1 Å². The summed E-state index contributed by atoms with van der Waals surface area (Å²) in [5.74, 6) is -6.68. The maximum atomic E-state index is 14.6. The molecule has 0 amide bonds. The Bertz CT molecular complexity index is 1550. The van der Waals surface area contributed by atoms with Crippen LogP contribution < -0.4 is 4.74 Å². The van der Waals surface area contributed by atoms with Crippen molar-refractivity contribution in [3.8, 4) is 28.0 Å². The smallest absolute Gasteiger partial charge is 0.422 e. The molecule has 0 spiro atoms. The molecule has 0 heterocycles. The third kappa shape index (κ3) is 7.11. The maximum absolute atomic E-state index is 14.6. The topological polar surface area (TPSA) is 9.23 Å². The van der Waals surface area contributed by atoms with E-state index in [-0.39, 0.29) is 23.8 Å². The first-order valence-electron chi connectivity index (χ1n) is 12.3. The highest BCUT2D eigenvalue weighted by atomic mass is 19.4. The highest BCUT2D eigenvalue weighted by molar-refractivity contribution is 5.67. The summed E-state index contributed by atoms with van der Waals surface area (Å²) in [5.41, 5.74) is -0.998. The lowest BCUT2D eigenvalue weighted by atomic mass is 10.0. The van der Waals surface area contributed by atoms with E-state index >= 15 is 0 Å². The lowest BCUT2D eigenvalue weighted by Crippen LogP contribution is -2.21. The van der Waals surface area contributed by atoms with Crippen LogP contribution in [0.3, 0.4) is 0 Å². The fourth-order valence-corrected chi connectivity index (χ4v) is 4.17. The second kappa shape index (κ2) is 11.7. The van der Waals surface area contributed by atoms with Crippen LogP contribution in [0.5, 0.6) is 5.75 Å². The third-order valence-electron chi connectivity index (χ3n) is 6.11. The molecule has 0 fully saturated rings. The minimum atomic E-state index is -5.31. The van der Waals surface area contributed by atoms with Gasteiger partial charge in [-0.05, 0) is 65.1 Å². The zero-order valence-corrected chi connectivity index (χ0v) is 21.3. The molecule has 0 N–H and O–H groups in total. The molecule has 0 saturated carbocycles. The van der Waals surface area contributed by atoms with E-state index in [0.29, 0.717) is 11.6 Å². The Morgan fingerprint density at radius 3 is 1.83 bits per heavy atom. The SMILES string of the molecule is CCCc1ccc(-c2ccc(C=CC(F)(F)Oc3ccc(-c4cc(F)c(C(F)(F)F)c(F)c4)c(F)c3)c(F)c2)cc1. The van der Waals surface area contributed by atoms with Crippen molar-refractivity contribution in [3.63, 3.8) is 0 Å². The lowest BCUT2D eigenvalue weighted by molar-refractivity contribution is -0.142. The van der Waals surface area contributed by atoms with Gasteiger partial charge < -0.3 is 4.74 Å². The van der Waals surface area contributed by atoms with Crippen molar-refractivity contribution in [1.29, 1.82) is 0 Å². The van der Waals surface area contributed by atoms with Crippen molar-refractivity contribution in [2.24, 2.45) is 0 Å². The summed E-state index contributed by atoms with van der Waals surface area (Å²) in [6.07, 6.45) is -6.40. The molecule has 0 atom stereocenters. The summed E-state index contributed by atoms with van der Waals surface area (Å²) < 4.78 is 129. The van der Waals surface area contributed by atoms with E-state index in [4.69, 9.17) is 0 Å². The summed E-state index contributed by atoms with van der Waals surface area (Å²) in [5, 5.41) is 0. The minimum Gasteiger partial charge on any atom is -0.429 e. The molecule has 0 aliphatic carbocycles. The van der Waals surface area contributed by atoms with Crippen molar-refractivity contribution < 1.29 is 44.3 Å². The molecule has 0 aromatic heterocycles. The first-order valence-corrected chi connectivity index (χ1v) is 12.3. The molecule has 10 heteroatoms. The summed E-state index contributed by atoms with van der Waals surface area (Å²) in [6.45, 7) is 2.05. The molecule has 1 nitrogen and oxygen atoms in total. The van der Waals surface area contributed by atoms with Crippen molar-refractivity contribution in [3.05, 3.63) is 119 Å². The monoisotopic (exact) mass is 580 g/mol. The number of ether oxygens (including phenoxy) is 1. The van der Waals surface area contributed by atoms with Crippen LogP contribution in [0, 0.1) is 23.3 Å². The van der Waals surface area contributed by atoms with Gasteiger partial charge in [-0.2, -0.15) is 22.0 Å². The van der Waals surface area contributed by atoms with E-state index in [1.54, 1.807) is 6.07 Å². The fraction of sp³-hybridized carbons (Fsp3) is 0.161. The molecular formula is C31H21F9O. The number of hydrogen-bond donors (Lipinski definition) is 0.